The van der Waals surface area contributed by atoms with Gasteiger partial charge in [0.25, 0.3) is 0 Å². The van der Waals surface area contributed by atoms with Crippen molar-refractivity contribution in [3.63, 3.8) is 0 Å². The number of aliphatic hydroxyl groups is 1. The van der Waals surface area contributed by atoms with E-state index in [9.17, 15) is 0 Å². The monoisotopic (exact) mass is 355 g/mol. The minimum atomic E-state index is 0.152. The Kier molecular flexibility index (Phi) is 20.7. The molecule has 1 unspecified atom stereocenters. The molecule has 0 aromatic rings. The van der Waals surface area contributed by atoms with Gasteiger partial charge in [0.15, 0.2) is 0 Å². The van der Waals surface area contributed by atoms with E-state index in [1.165, 1.54) is 95.6 Å². The SMILES string of the molecule is CCCCCCCCCCCCCCCCSCC(CO)CC#N. The van der Waals surface area contributed by atoms with Crippen molar-refractivity contribution < 1.29 is 5.11 Å². The van der Waals surface area contributed by atoms with Crippen LogP contribution in [0.25, 0.3) is 0 Å². The maximum atomic E-state index is 9.12. The average Bonchev–Trinajstić information content (AvgIpc) is 2.60. The van der Waals surface area contributed by atoms with E-state index in [0.717, 1.165) is 5.75 Å². The van der Waals surface area contributed by atoms with Crippen LogP contribution in [0.1, 0.15) is 103 Å². The third-order valence-corrected chi connectivity index (χ3v) is 5.92. The van der Waals surface area contributed by atoms with Crippen molar-refractivity contribution in [1.82, 2.24) is 0 Å². The molecule has 0 aliphatic heterocycles. The van der Waals surface area contributed by atoms with Crippen LogP contribution in [-0.4, -0.2) is 23.2 Å². The zero-order chi connectivity index (χ0) is 17.7. The van der Waals surface area contributed by atoms with Crippen LogP contribution in [0.5, 0.6) is 0 Å². The molecule has 0 heterocycles. The molecule has 3 heteroatoms. The number of nitriles is 1. The van der Waals surface area contributed by atoms with Gasteiger partial charge in [-0.15, -0.1) is 0 Å². The van der Waals surface area contributed by atoms with Crippen molar-refractivity contribution in [2.75, 3.05) is 18.1 Å². The molecule has 0 spiro atoms. The Hall–Kier alpha value is -0.200. The average molecular weight is 356 g/mol. The van der Waals surface area contributed by atoms with Crippen LogP contribution in [-0.2, 0) is 0 Å². The predicted molar refractivity (Wildman–Crippen MR) is 108 cm³/mol. The second kappa shape index (κ2) is 20.8. The van der Waals surface area contributed by atoms with Gasteiger partial charge in [-0.1, -0.05) is 90.4 Å². The van der Waals surface area contributed by atoms with Crippen molar-refractivity contribution in [3.05, 3.63) is 0 Å². The van der Waals surface area contributed by atoms with E-state index in [0.29, 0.717) is 6.42 Å². The standard InChI is InChI=1S/C21H41NOS/c1-2-3-4-5-6-7-8-9-10-11-12-13-14-15-18-24-20-21(19-23)16-17-22/h21,23H,2-16,18-20H2,1H3. The minimum absolute atomic E-state index is 0.152. The fourth-order valence-electron chi connectivity index (χ4n) is 2.95. The number of nitrogens with zero attached hydrogens (tertiary/aromatic N) is 1. The molecule has 0 fully saturated rings. The maximum Gasteiger partial charge on any atom is 0.0625 e. The van der Waals surface area contributed by atoms with E-state index in [2.05, 4.69) is 13.0 Å². The summed E-state index contributed by atoms with van der Waals surface area (Å²) in [5.41, 5.74) is 0. The summed E-state index contributed by atoms with van der Waals surface area (Å²) < 4.78 is 0. The lowest BCUT2D eigenvalue weighted by molar-refractivity contribution is 0.242. The van der Waals surface area contributed by atoms with Crippen LogP contribution in [0.4, 0.5) is 0 Å². The molecule has 24 heavy (non-hydrogen) atoms. The van der Waals surface area contributed by atoms with Gasteiger partial charge in [0.1, 0.15) is 0 Å². The van der Waals surface area contributed by atoms with Crippen molar-refractivity contribution in [2.45, 2.75) is 103 Å². The summed E-state index contributed by atoms with van der Waals surface area (Å²) in [4.78, 5) is 0. The fraction of sp³-hybridized carbons (Fsp3) is 0.952. The highest BCUT2D eigenvalue weighted by Gasteiger charge is 2.06. The Morgan fingerprint density at radius 3 is 1.67 bits per heavy atom. The molecular weight excluding hydrogens is 314 g/mol. The smallest absolute Gasteiger partial charge is 0.0625 e. The highest BCUT2D eigenvalue weighted by atomic mass is 32.2. The molecule has 0 rings (SSSR count). The molecule has 0 aromatic heterocycles. The molecule has 0 aliphatic carbocycles. The first kappa shape index (κ1) is 23.8. The molecule has 0 aromatic carbocycles. The van der Waals surface area contributed by atoms with Gasteiger partial charge < -0.3 is 5.11 Å². The van der Waals surface area contributed by atoms with E-state index < -0.39 is 0 Å². The number of aliphatic hydroxyl groups excluding tert-OH is 1. The summed E-state index contributed by atoms with van der Waals surface area (Å²) in [6.45, 7) is 2.43. The molecule has 0 aliphatic rings. The molecule has 0 radical (unpaired) electrons. The van der Waals surface area contributed by atoms with Gasteiger partial charge in [-0.05, 0) is 17.9 Å². The second-order valence-electron chi connectivity index (χ2n) is 7.08. The number of rotatable bonds is 19. The Bertz CT molecular complexity index is 278. The third kappa shape index (κ3) is 18.1. The van der Waals surface area contributed by atoms with Crippen LogP contribution in [0.15, 0.2) is 0 Å². The molecule has 0 amide bonds. The van der Waals surface area contributed by atoms with E-state index >= 15 is 0 Å². The normalized spacial score (nSPS) is 12.2. The van der Waals surface area contributed by atoms with Gasteiger partial charge >= 0.3 is 0 Å². The van der Waals surface area contributed by atoms with Gasteiger partial charge in [0.2, 0.25) is 0 Å². The summed E-state index contributed by atoms with van der Waals surface area (Å²) in [5.74, 6) is 2.29. The summed E-state index contributed by atoms with van der Waals surface area (Å²) in [6, 6.07) is 2.15. The van der Waals surface area contributed by atoms with Gasteiger partial charge in [-0.3, -0.25) is 0 Å². The molecule has 0 saturated carbocycles. The topological polar surface area (TPSA) is 44.0 Å². The first-order valence-corrected chi connectivity index (χ1v) is 11.6. The largest absolute Gasteiger partial charge is 0.396 e. The van der Waals surface area contributed by atoms with Crippen LogP contribution in [0, 0.1) is 17.2 Å². The molecule has 1 N–H and O–H groups in total. The summed E-state index contributed by atoms with van der Waals surface area (Å²) >= 11 is 1.90. The van der Waals surface area contributed by atoms with E-state index in [1.807, 2.05) is 11.8 Å². The predicted octanol–water partition coefficient (Wildman–Crippen LogP) is 6.72. The quantitative estimate of drug-likeness (QED) is 0.261. The van der Waals surface area contributed by atoms with Crippen molar-refractivity contribution in [2.24, 2.45) is 5.92 Å². The van der Waals surface area contributed by atoms with Crippen molar-refractivity contribution >= 4 is 11.8 Å². The number of unbranched alkanes of at least 4 members (excludes halogenated alkanes) is 13. The summed E-state index contributed by atoms with van der Waals surface area (Å²) in [5, 5.41) is 17.8. The fourth-order valence-corrected chi connectivity index (χ4v) is 4.09. The lowest BCUT2D eigenvalue weighted by Gasteiger charge is -2.09. The van der Waals surface area contributed by atoms with Crippen molar-refractivity contribution in [1.29, 1.82) is 5.26 Å². The first-order valence-electron chi connectivity index (χ1n) is 10.4. The molecule has 2 nitrogen and oxygen atoms in total. The second-order valence-corrected chi connectivity index (χ2v) is 8.23. The molecule has 0 bridgehead atoms. The van der Waals surface area contributed by atoms with Crippen molar-refractivity contribution in [3.8, 4) is 6.07 Å². The number of thioether (sulfide) groups is 1. The number of hydrogen-bond donors (Lipinski definition) is 1. The Balaban J connectivity index is 3.09. The third-order valence-electron chi connectivity index (χ3n) is 4.63. The lowest BCUT2D eigenvalue weighted by atomic mass is 10.0. The molecule has 142 valence electrons. The maximum absolute atomic E-state index is 9.12. The highest BCUT2D eigenvalue weighted by Crippen LogP contribution is 2.16. The van der Waals surface area contributed by atoms with Crippen LogP contribution >= 0.6 is 11.8 Å². The Labute approximate surface area is 155 Å². The van der Waals surface area contributed by atoms with Gasteiger partial charge in [0, 0.05) is 18.9 Å². The summed E-state index contributed by atoms with van der Waals surface area (Å²) in [6.07, 6.45) is 20.1. The van der Waals surface area contributed by atoms with E-state index in [-0.39, 0.29) is 12.5 Å². The lowest BCUT2D eigenvalue weighted by Crippen LogP contribution is -2.08. The van der Waals surface area contributed by atoms with E-state index in [1.54, 1.807) is 0 Å². The van der Waals surface area contributed by atoms with Crippen LogP contribution in [0.3, 0.4) is 0 Å². The summed E-state index contributed by atoms with van der Waals surface area (Å²) in [7, 11) is 0. The zero-order valence-electron chi connectivity index (χ0n) is 16.1. The number of hydrogen-bond acceptors (Lipinski definition) is 3. The van der Waals surface area contributed by atoms with E-state index in [4.69, 9.17) is 10.4 Å². The zero-order valence-corrected chi connectivity index (χ0v) is 16.9. The Morgan fingerprint density at radius 1 is 0.792 bits per heavy atom. The van der Waals surface area contributed by atoms with Gasteiger partial charge in [-0.2, -0.15) is 17.0 Å². The minimum Gasteiger partial charge on any atom is -0.396 e. The molecular formula is C21H41NOS. The molecule has 0 saturated heterocycles. The Morgan fingerprint density at radius 2 is 1.25 bits per heavy atom. The highest BCUT2D eigenvalue weighted by molar-refractivity contribution is 7.99. The first-order chi connectivity index (χ1) is 11.8. The van der Waals surface area contributed by atoms with Gasteiger partial charge in [0.05, 0.1) is 6.07 Å². The van der Waals surface area contributed by atoms with Crippen LogP contribution < -0.4 is 0 Å². The van der Waals surface area contributed by atoms with Gasteiger partial charge in [-0.25, -0.2) is 0 Å². The molecule has 1 atom stereocenters. The van der Waals surface area contributed by atoms with Crippen LogP contribution in [0.2, 0.25) is 0 Å².